The van der Waals surface area contributed by atoms with Crippen LogP contribution < -0.4 is 11.1 Å². The van der Waals surface area contributed by atoms with E-state index in [9.17, 15) is 4.79 Å². The van der Waals surface area contributed by atoms with Crippen molar-refractivity contribution in [2.75, 3.05) is 18.1 Å². The van der Waals surface area contributed by atoms with Crippen LogP contribution >= 0.6 is 0 Å². The van der Waals surface area contributed by atoms with Crippen LogP contribution in [-0.2, 0) is 4.79 Å². The van der Waals surface area contributed by atoms with Gasteiger partial charge in [0.1, 0.15) is 11.3 Å². The van der Waals surface area contributed by atoms with Gasteiger partial charge >= 0.3 is 0 Å². The molecule has 0 saturated heterocycles. The number of nitrogens with two attached hydrogens (primary N) is 1. The van der Waals surface area contributed by atoms with Gasteiger partial charge in [0.2, 0.25) is 5.95 Å². The molecule has 0 unspecified atom stereocenters. The Bertz CT molecular complexity index is 1150. The van der Waals surface area contributed by atoms with Gasteiger partial charge in [-0.25, -0.2) is 14.0 Å². The zero-order valence-electron chi connectivity index (χ0n) is 20.4. The molecule has 4 heterocycles. The van der Waals surface area contributed by atoms with Crippen molar-refractivity contribution in [2.24, 2.45) is 0 Å². The zero-order chi connectivity index (χ0) is 24.2. The van der Waals surface area contributed by atoms with Crippen molar-refractivity contribution in [1.82, 2.24) is 29.2 Å². The van der Waals surface area contributed by atoms with Crippen molar-refractivity contribution in [3.8, 4) is 11.3 Å². The Morgan fingerprint density at radius 1 is 1.03 bits per heavy atom. The normalized spacial score (nSPS) is 10.3. The number of rotatable bonds is 8. The maximum atomic E-state index is 10.5. The number of hydrogen-bond acceptors (Lipinski definition) is 7. The largest absolute Gasteiger partial charge is 0.371 e. The van der Waals surface area contributed by atoms with Gasteiger partial charge in [-0.05, 0) is 25.5 Å². The van der Waals surface area contributed by atoms with Crippen LogP contribution in [0.15, 0.2) is 36.8 Å². The number of unbranched alkanes of at least 4 members (excludes halogenated alkanes) is 4. The number of aromatic nitrogens is 6. The van der Waals surface area contributed by atoms with E-state index in [1.54, 1.807) is 29.2 Å². The first-order valence-electron chi connectivity index (χ1n) is 11.7. The van der Waals surface area contributed by atoms with Crippen LogP contribution in [0, 0.1) is 0 Å². The fourth-order valence-electron chi connectivity index (χ4n) is 3.36. The smallest absolute Gasteiger partial charge is 0.240 e. The summed E-state index contributed by atoms with van der Waals surface area (Å²) < 4.78 is 3.42. The molecule has 0 aromatic carbocycles. The SMILES string of the molecule is CC.CCCCCCCC(C)=O.CNc1nc(N)nn2ccc(-c3ccn4nccc4n3)c12. The van der Waals surface area contributed by atoms with Crippen molar-refractivity contribution < 1.29 is 4.79 Å². The molecule has 0 spiro atoms. The second-order valence-corrected chi connectivity index (χ2v) is 7.40. The number of nitrogen functional groups attached to an aromatic ring is 1. The highest BCUT2D eigenvalue weighted by Gasteiger charge is 2.14. The molecule has 0 aliphatic carbocycles. The first-order chi connectivity index (χ1) is 16.0. The fraction of sp³-hybridized carbons (Fsp3) is 0.458. The van der Waals surface area contributed by atoms with Crippen molar-refractivity contribution in [3.05, 3.63) is 36.8 Å². The average molecular weight is 453 g/mol. The highest BCUT2D eigenvalue weighted by atomic mass is 16.1. The Morgan fingerprint density at radius 3 is 2.45 bits per heavy atom. The Morgan fingerprint density at radius 2 is 1.76 bits per heavy atom. The van der Waals surface area contributed by atoms with Gasteiger partial charge in [-0.3, -0.25) is 0 Å². The molecule has 9 heteroatoms. The molecule has 0 aliphatic rings. The molecule has 0 radical (unpaired) electrons. The third-order valence-corrected chi connectivity index (χ3v) is 4.93. The van der Waals surface area contributed by atoms with E-state index in [1.807, 2.05) is 44.4 Å². The number of carbonyl (C=O) groups is 1. The lowest BCUT2D eigenvalue weighted by Crippen LogP contribution is -2.05. The van der Waals surface area contributed by atoms with E-state index in [4.69, 9.17) is 5.73 Å². The van der Waals surface area contributed by atoms with E-state index in [0.717, 1.165) is 35.3 Å². The van der Waals surface area contributed by atoms with E-state index in [-0.39, 0.29) is 5.95 Å². The summed E-state index contributed by atoms with van der Waals surface area (Å²) in [7, 11) is 1.80. The quantitative estimate of drug-likeness (QED) is 0.360. The van der Waals surface area contributed by atoms with Crippen LogP contribution in [0.5, 0.6) is 0 Å². The minimum absolute atomic E-state index is 0.216. The Labute approximate surface area is 195 Å². The van der Waals surface area contributed by atoms with E-state index in [2.05, 4.69) is 32.4 Å². The lowest BCUT2D eigenvalue weighted by atomic mass is 10.1. The molecular formula is C24H36N8O. The summed E-state index contributed by atoms with van der Waals surface area (Å²) in [6, 6.07) is 5.71. The van der Waals surface area contributed by atoms with E-state index in [0.29, 0.717) is 11.6 Å². The molecule has 4 rings (SSSR count). The number of ketones is 1. The molecule has 0 bridgehead atoms. The van der Waals surface area contributed by atoms with Crippen LogP contribution in [-0.4, -0.2) is 42.0 Å². The molecule has 0 aliphatic heterocycles. The van der Waals surface area contributed by atoms with Gasteiger partial charge in [-0.2, -0.15) is 10.1 Å². The van der Waals surface area contributed by atoms with Crippen LogP contribution in [0.1, 0.15) is 66.2 Å². The monoisotopic (exact) mass is 452 g/mol. The number of fused-ring (bicyclic) bond motifs is 2. The maximum Gasteiger partial charge on any atom is 0.240 e. The highest BCUT2D eigenvalue weighted by molar-refractivity contribution is 5.87. The summed E-state index contributed by atoms with van der Waals surface area (Å²) in [4.78, 5) is 19.3. The Balaban J connectivity index is 0.000000275. The van der Waals surface area contributed by atoms with Crippen LogP contribution in [0.3, 0.4) is 0 Å². The maximum absolute atomic E-state index is 10.5. The number of carbonyl (C=O) groups excluding carboxylic acids is 1. The lowest BCUT2D eigenvalue weighted by Gasteiger charge is -2.06. The topological polar surface area (TPSA) is 116 Å². The molecule has 4 aromatic rings. The van der Waals surface area contributed by atoms with E-state index in [1.165, 1.54) is 25.7 Å². The van der Waals surface area contributed by atoms with Crippen molar-refractivity contribution in [2.45, 2.75) is 66.2 Å². The minimum atomic E-state index is 0.216. The van der Waals surface area contributed by atoms with Gasteiger partial charge in [0.15, 0.2) is 11.5 Å². The van der Waals surface area contributed by atoms with Crippen LogP contribution in [0.2, 0.25) is 0 Å². The Kier molecular flexibility index (Phi) is 10.3. The first kappa shape index (κ1) is 25.8. The Hall–Kier alpha value is -3.49. The van der Waals surface area contributed by atoms with Gasteiger partial charge in [-0.1, -0.05) is 46.5 Å². The van der Waals surface area contributed by atoms with Gasteiger partial charge in [-0.15, -0.1) is 5.10 Å². The summed E-state index contributed by atoms with van der Waals surface area (Å²) in [6.07, 6.45) is 12.4. The molecule has 0 saturated carbocycles. The highest BCUT2D eigenvalue weighted by Crippen LogP contribution is 2.28. The number of Topliss-reactive ketones (excluding diaryl/α,β-unsaturated/α-hetero) is 1. The average Bonchev–Trinajstić information content (AvgIpc) is 3.46. The molecule has 0 atom stereocenters. The van der Waals surface area contributed by atoms with Gasteiger partial charge in [0.25, 0.3) is 0 Å². The summed E-state index contributed by atoms with van der Waals surface area (Å²) in [5.74, 6) is 1.21. The second kappa shape index (κ2) is 13.1. The van der Waals surface area contributed by atoms with E-state index < -0.39 is 0 Å². The zero-order valence-corrected chi connectivity index (χ0v) is 20.4. The molecule has 33 heavy (non-hydrogen) atoms. The van der Waals surface area contributed by atoms with Crippen molar-refractivity contribution >= 4 is 28.7 Å². The molecule has 0 fully saturated rings. The molecule has 178 valence electrons. The molecule has 3 N–H and O–H groups in total. The van der Waals surface area contributed by atoms with E-state index >= 15 is 0 Å². The molecule has 4 aromatic heterocycles. The number of nitrogens with zero attached hydrogens (tertiary/aromatic N) is 6. The summed E-state index contributed by atoms with van der Waals surface area (Å²) in [5.41, 5.74) is 9.08. The van der Waals surface area contributed by atoms with Crippen LogP contribution in [0.25, 0.3) is 22.4 Å². The summed E-state index contributed by atoms with van der Waals surface area (Å²) in [6.45, 7) is 7.87. The number of anilines is 2. The fourth-order valence-corrected chi connectivity index (χ4v) is 3.36. The molecule has 0 amide bonds. The third kappa shape index (κ3) is 7.00. The molecular weight excluding hydrogens is 416 g/mol. The minimum Gasteiger partial charge on any atom is -0.371 e. The predicted molar refractivity (Wildman–Crippen MR) is 134 cm³/mol. The lowest BCUT2D eigenvalue weighted by molar-refractivity contribution is -0.117. The standard InChI is InChI=1S/C13H12N8.C9H18O.C2H6/c1-15-12-11-8(3-6-21(11)19-13(14)18-12)9-4-7-20-10(17-9)2-5-16-20;1-3-4-5-6-7-8-9(2)10;1-2/h2-7H,1H3,(H3,14,15,18,19);3-8H2,1-2H3;1-2H3. The third-order valence-electron chi connectivity index (χ3n) is 4.93. The molecule has 9 nitrogen and oxygen atoms in total. The number of nitrogens with one attached hydrogen (secondary N) is 1. The second-order valence-electron chi connectivity index (χ2n) is 7.40. The summed E-state index contributed by atoms with van der Waals surface area (Å²) in [5, 5.41) is 11.4. The number of hydrogen-bond donors (Lipinski definition) is 2. The summed E-state index contributed by atoms with van der Waals surface area (Å²) >= 11 is 0. The van der Waals surface area contributed by atoms with Gasteiger partial charge < -0.3 is 15.8 Å². The van der Waals surface area contributed by atoms with Gasteiger partial charge in [0.05, 0.1) is 11.9 Å². The van der Waals surface area contributed by atoms with Gasteiger partial charge in [0, 0.05) is 37.5 Å². The van der Waals surface area contributed by atoms with Crippen molar-refractivity contribution in [3.63, 3.8) is 0 Å². The van der Waals surface area contributed by atoms with Crippen molar-refractivity contribution in [1.29, 1.82) is 0 Å². The predicted octanol–water partition coefficient (Wildman–Crippen LogP) is 5.03. The first-order valence-corrected chi connectivity index (χ1v) is 11.7. The van der Waals surface area contributed by atoms with Crippen LogP contribution in [0.4, 0.5) is 11.8 Å².